The Bertz CT molecular complexity index is 346. The maximum Gasteiger partial charge on any atom is 0.0233 e. The first kappa shape index (κ1) is 14.6. The molecule has 0 amide bonds. The summed E-state index contributed by atoms with van der Waals surface area (Å²) in [6.07, 6.45) is 8.09. The maximum atomic E-state index is 2.59. The molecular formula is C18H29N. The van der Waals surface area contributed by atoms with Gasteiger partial charge in [-0.15, -0.1) is 0 Å². The number of aryl methyl sites for hydroxylation is 1. The first-order valence-corrected chi connectivity index (χ1v) is 8.04. The number of rotatable bonds is 6. The van der Waals surface area contributed by atoms with E-state index in [2.05, 4.69) is 43.0 Å². The predicted molar refractivity (Wildman–Crippen MR) is 83.3 cm³/mol. The summed E-state index contributed by atoms with van der Waals surface area (Å²) in [7, 11) is 0. The highest BCUT2D eigenvalue weighted by Crippen LogP contribution is 2.15. The molecule has 106 valence electrons. The van der Waals surface area contributed by atoms with E-state index in [9.17, 15) is 0 Å². The van der Waals surface area contributed by atoms with Crippen LogP contribution in [0.25, 0.3) is 0 Å². The molecule has 0 aliphatic carbocycles. The average Bonchev–Trinajstić information content (AvgIpc) is 2.42. The summed E-state index contributed by atoms with van der Waals surface area (Å²) in [4.78, 5) is 2.59. The van der Waals surface area contributed by atoms with Gasteiger partial charge in [0.1, 0.15) is 0 Å². The number of benzene rings is 1. The fraction of sp³-hybridized carbons (Fsp3) is 0.667. The number of nitrogens with zero attached hydrogens (tertiary/aromatic N) is 1. The Kier molecular flexibility index (Phi) is 5.91. The van der Waals surface area contributed by atoms with E-state index in [0.717, 1.165) is 12.5 Å². The molecule has 1 heterocycles. The minimum Gasteiger partial charge on any atom is -0.299 e. The van der Waals surface area contributed by atoms with Crippen molar-refractivity contribution in [2.45, 2.75) is 58.9 Å². The van der Waals surface area contributed by atoms with Gasteiger partial charge in [0.2, 0.25) is 0 Å². The highest BCUT2D eigenvalue weighted by molar-refractivity contribution is 5.22. The van der Waals surface area contributed by atoms with Crippen molar-refractivity contribution >= 4 is 0 Å². The van der Waals surface area contributed by atoms with E-state index in [4.69, 9.17) is 0 Å². The molecule has 0 radical (unpaired) electrons. The SMILES string of the molecule is CC(C)CCCc1ccc(CN2CCCCC2)cc1. The van der Waals surface area contributed by atoms with E-state index in [-0.39, 0.29) is 0 Å². The summed E-state index contributed by atoms with van der Waals surface area (Å²) in [6, 6.07) is 9.33. The molecule has 2 rings (SSSR count). The van der Waals surface area contributed by atoms with E-state index in [1.807, 2.05) is 0 Å². The lowest BCUT2D eigenvalue weighted by atomic mass is 10.0. The van der Waals surface area contributed by atoms with Crippen molar-refractivity contribution < 1.29 is 0 Å². The average molecular weight is 259 g/mol. The van der Waals surface area contributed by atoms with Crippen LogP contribution >= 0.6 is 0 Å². The molecule has 1 fully saturated rings. The third-order valence-electron chi connectivity index (χ3n) is 4.12. The summed E-state index contributed by atoms with van der Waals surface area (Å²) in [5.74, 6) is 0.832. The van der Waals surface area contributed by atoms with Crippen LogP contribution < -0.4 is 0 Å². The van der Waals surface area contributed by atoms with Gasteiger partial charge in [-0.2, -0.15) is 0 Å². The van der Waals surface area contributed by atoms with Crippen LogP contribution in [0.15, 0.2) is 24.3 Å². The predicted octanol–water partition coefficient (Wildman–Crippen LogP) is 4.65. The lowest BCUT2D eigenvalue weighted by molar-refractivity contribution is 0.221. The zero-order chi connectivity index (χ0) is 13.5. The topological polar surface area (TPSA) is 3.24 Å². The van der Waals surface area contributed by atoms with Gasteiger partial charge in [0.15, 0.2) is 0 Å². The zero-order valence-electron chi connectivity index (χ0n) is 12.7. The van der Waals surface area contributed by atoms with Crippen molar-refractivity contribution in [3.63, 3.8) is 0 Å². The summed E-state index contributed by atoms with van der Waals surface area (Å²) < 4.78 is 0. The van der Waals surface area contributed by atoms with Crippen molar-refractivity contribution in [1.82, 2.24) is 4.90 Å². The standard InChI is InChI=1S/C18H29N/c1-16(2)7-6-8-17-9-11-18(12-10-17)15-19-13-4-3-5-14-19/h9-12,16H,3-8,13-15H2,1-2H3. The van der Waals surface area contributed by atoms with Gasteiger partial charge < -0.3 is 0 Å². The third-order valence-corrected chi connectivity index (χ3v) is 4.12. The van der Waals surface area contributed by atoms with Gasteiger partial charge >= 0.3 is 0 Å². The van der Waals surface area contributed by atoms with Gasteiger partial charge in [-0.05, 0) is 55.8 Å². The lowest BCUT2D eigenvalue weighted by Crippen LogP contribution is -2.29. The van der Waals surface area contributed by atoms with Crippen LogP contribution in [-0.2, 0) is 13.0 Å². The van der Waals surface area contributed by atoms with Crippen molar-refractivity contribution in [2.24, 2.45) is 5.92 Å². The molecule has 1 aliphatic rings. The Morgan fingerprint density at radius 1 is 0.947 bits per heavy atom. The molecular weight excluding hydrogens is 230 g/mol. The molecule has 0 aromatic heterocycles. The molecule has 0 bridgehead atoms. The van der Waals surface area contributed by atoms with Crippen molar-refractivity contribution in [1.29, 1.82) is 0 Å². The number of likely N-dealkylation sites (tertiary alicyclic amines) is 1. The fourth-order valence-corrected chi connectivity index (χ4v) is 2.90. The van der Waals surface area contributed by atoms with Crippen molar-refractivity contribution in [3.05, 3.63) is 35.4 Å². The van der Waals surface area contributed by atoms with Gasteiger partial charge in [0, 0.05) is 6.54 Å². The molecule has 0 saturated carbocycles. The zero-order valence-corrected chi connectivity index (χ0v) is 12.7. The molecule has 19 heavy (non-hydrogen) atoms. The normalized spacial score (nSPS) is 17.0. The van der Waals surface area contributed by atoms with E-state index < -0.39 is 0 Å². The molecule has 1 saturated heterocycles. The Hall–Kier alpha value is -0.820. The highest BCUT2D eigenvalue weighted by atomic mass is 15.1. The van der Waals surface area contributed by atoms with Crippen molar-refractivity contribution in [2.75, 3.05) is 13.1 Å². The van der Waals surface area contributed by atoms with E-state index in [1.165, 1.54) is 62.7 Å². The third kappa shape index (κ3) is 5.36. The summed E-state index contributed by atoms with van der Waals surface area (Å²) in [5, 5.41) is 0. The molecule has 1 nitrogen and oxygen atoms in total. The quantitative estimate of drug-likeness (QED) is 0.718. The van der Waals surface area contributed by atoms with E-state index in [1.54, 1.807) is 0 Å². The highest BCUT2D eigenvalue weighted by Gasteiger charge is 2.10. The minimum atomic E-state index is 0.832. The number of hydrogen-bond acceptors (Lipinski definition) is 1. The molecule has 0 atom stereocenters. The second-order valence-corrected chi connectivity index (χ2v) is 6.44. The van der Waals surface area contributed by atoms with Gasteiger partial charge in [0.25, 0.3) is 0 Å². The number of hydrogen-bond donors (Lipinski definition) is 0. The van der Waals surface area contributed by atoms with Gasteiger partial charge in [-0.1, -0.05) is 51.0 Å². The van der Waals surface area contributed by atoms with Crippen LogP contribution in [0.1, 0.15) is 57.1 Å². The molecule has 0 unspecified atom stereocenters. The van der Waals surface area contributed by atoms with Crippen LogP contribution in [-0.4, -0.2) is 18.0 Å². The second-order valence-electron chi connectivity index (χ2n) is 6.44. The molecule has 1 aromatic carbocycles. The van der Waals surface area contributed by atoms with Crippen LogP contribution in [0.3, 0.4) is 0 Å². The molecule has 1 heteroatoms. The van der Waals surface area contributed by atoms with E-state index >= 15 is 0 Å². The second kappa shape index (κ2) is 7.69. The molecule has 1 aromatic rings. The van der Waals surface area contributed by atoms with Crippen LogP contribution in [0.2, 0.25) is 0 Å². The summed E-state index contributed by atoms with van der Waals surface area (Å²) in [5.41, 5.74) is 2.98. The maximum absolute atomic E-state index is 2.59. The molecule has 1 aliphatic heterocycles. The molecule has 0 spiro atoms. The van der Waals surface area contributed by atoms with Gasteiger partial charge in [-0.3, -0.25) is 4.90 Å². The molecule has 0 N–H and O–H groups in total. The van der Waals surface area contributed by atoms with Crippen LogP contribution in [0, 0.1) is 5.92 Å². The first-order chi connectivity index (χ1) is 9.24. The van der Waals surface area contributed by atoms with Gasteiger partial charge in [0.05, 0.1) is 0 Å². The van der Waals surface area contributed by atoms with Crippen LogP contribution in [0.4, 0.5) is 0 Å². The van der Waals surface area contributed by atoms with Crippen LogP contribution in [0.5, 0.6) is 0 Å². The smallest absolute Gasteiger partial charge is 0.0233 e. The Balaban J connectivity index is 1.77. The summed E-state index contributed by atoms with van der Waals surface area (Å²) in [6.45, 7) is 8.34. The fourth-order valence-electron chi connectivity index (χ4n) is 2.90. The Morgan fingerprint density at radius 2 is 1.58 bits per heavy atom. The largest absolute Gasteiger partial charge is 0.299 e. The summed E-state index contributed by atoms with van der Waals surface area (Å²) >= 11 is 0. The lowest BCUT2D eigenvalue weighted by Gasteiger charge is -2.26. The van der Waals surface area contributed by atoms with Crippen molar-refractivity contribution in [3.8, 4) is 0 Å². The monoisotopic (exact) mass is 259 g/mol. The minimum absolute atomic E-state index is 0.832. The van der Waals surface area contributed by atoms with E-state index in [0.29, 0.717) is 0 Å². The Labute approximate surface area is 119 Å². The first-order valence-electron chi connectivity index (χ1n) is 8.04. The number of piperidine rings is 1. The Morgan fingerprint density at radius 3 is 2.21 bits per heavy atom. The van der Waals surface area contributed by atoms with Gasteiger partial charge in [-0.25, -0.2) is 0 Å².